The number of hydrogen-bond donors (Lipinski definition) is 1. The van der Waals surface area contributed by atoms with Gasteiger partial charge in [-0.3, -0.25) is 14.5 Å². The molecule has 2 aromatic carbocycles. The molecule has 0 aliphatic carbocycles. The Bertz CT molecular complexity index is 767. The van der Waals surface area contributed by atoms with Crippen molar-refractivity contribution in [3.63, 3.8) is 0 Å². The minimum absolute atomic E-state index is 0.102. The smallest absolute Gasteiger partial charge is 0.255 e. The van der Waals surface area contributed by atoms with Crippen LogP contribution in [0, 0.1) is 0 Å². The maximum Gasteiger partial charge on any atom is 0.255 e. The van der Waals surface area contributed by atoms with Gasteiger partial charge in [0.1, 0.15) is 0 Å². The Morgan fingerprint density at radius 1 is 0.923 bits per heavy atom. The van der Waals surface area contributed by atoms with Gasteiger partial charge in [-0.15, -0.1) is 0 Å². The highest BCUT2D eigenvalue weighted by atomic mass is 35.5. The molecule has 0 aromatic heterocycles. The van der Waals surface area contributed by atoms with Crippen molar-refractivity contribution in [1.29, 1.82) is 0 Å². The van der Waals surface area contributed by atoms with Gasteiger partial charge in [0, 0.05) is 48.0 Å². The molecule has 0 saturated carbocycles. The van der Waals surface area contributed by atoms with Crippen LogP contribution in [0.5, 0.6) is 0 Å². The number of piperazine rings is 1. The molecule has 1 heterocycles. The number of halogens is 1. The summed E-state index contributed by atoms with van der Waals surface area (Å²) in [7, 11) is 2.09. The molecular formula is C20H22ClN3O2. The zero-order valence-corrected chi connectivity index (χ0v) is 15.5. The standard InChI is InChI=1S/C20H22ClN3O2/c1-23-10-12-24(13-11-23)14-19(25)15-4-8-18(9-5-15)22-20(26)16-2-6-17(21)7-3-16/h2-9H,10-14H2,1H3,(H,22,26). The summed E-state index contributed by atoms with van der Waals surface area (Å²) in [6.45, 7) is 4.24. The summed E-state index contributed by atoms with van der Waals surface area (Å²) in [5.41, 5.74) is 1.85. The number of carbonyl (C=O) groups excluding carboxylic acids is 2. The number of Topliss-reactive ketones (excluding diaryl/α,β-unsaturated/α-hetero) is 1. The van der Waals surface area contributed by atoms with Gasteiger partial charge in [-0.2, -0.15) is 0 Å². The molecule has 5 nitrogen and oxygen atoms in total. The minimum atomic E-state index is -0.210. The number of ketones is 1. The fourth-order valence-corrected chi connectivity index (χ4v) is 2.97. The molecule has 3 rings (SSSR count). The van der Waals surface area contributed by atoms with Crippen LogP contribution in [0.2, 0.25) is 5.02 Å². The van der Waals surface area contributed by atoms with Crippen molar-refractivity contribution >= 4 is 29.0 Å². The van der Waals surface area contributed by atoms with Gasteiger partial charge in [-0.1, -0.05) is 11.6 Å². The van der Waals surface area contributed by atoms with Crippen molar-refractivity contribution in [3.8, 4) is 0 Å². The van der Waals surface area contributed by atoms with E-state index in [1.807, 2.05) is 0 Å². The summed E-state index contributed by atoms with van der Waals surface area (Å²) in [6, 6.07) is 13.7. The fourth-order valence-electron chi connectivity index (χ4n) is 2.84. The summed E-state index contributed by atoms with van der Waals surface area (Å²) >= 11 is 5.83. The Kier molecular flexibility index (Phi) is 6.04. The lowest BCUT2D eigenvalue weighted by Crippen LogP contribution is -2.46. The van der Waals surface area contributed by atoms with E-state index >= 15 is 0 Å². The Balaban J connectivity index is 1.56. The van der Waals surface area contributed by atoms with E-state index in [1.165, 1.54) is 0 Å². The Morgan fingerprint density at radius 3 is 2.12 bits per heavy atom. The van der Waals surface area contributed by atoms with Crippen LogP contribution in [0.1, 0.15) is 20.7 Å². The van der Waals surface area contributed by atoms with Gasteiger partial charge in [0.15, 0.2) is 5.78 Å². The third kappa shape index (κ3) is 4.91. The number of likely N-dealkylation sites (N-methyl/N-ethyl adjacent to an activating group) is 1. The molecule has 0 radical (unpaired) electrons. The second-order valence-electron chi connectivity index (χ2n) is 6.54. The predicted octanol–water partition coefficient (Wildman–Crippen LogP) is 3.02. The predicted molar refractivity (Wildman–Crippen MR) is 104 cm³/mol. The Labute approximate surface area is 158 Å². The molecule has 2 aromatic rings. The number of benzene rings is 2. The van der Waals surface area contributed by atoms with E-state index in [2.05, 4.69) is 22.2 Å². The normalized spacial score (nSPS) is 15.6. The topological polar surface area (TPSA) is 52.6 Å². The molecule has 1 fully saturated rings. The van der Waals surface area contributed by atoms with Gasteiger partial charge in [0.2, 0.25) is 0 Å². The number of amides is 1. The number of nitrogens with zero attached hydrogens (tertiary/aromatic N) is 2. The lowest BCUT2D eigenvalue weighted by Gasteiger charge is -2.31. The van der Waals surface area contributed by atoms with Crippen LogP contribution in [-0.2, 0) is 0 Å². The van der Waals surface area contributed by atoms with Crippen LogP contribution in [0.3, 0.4) is 0 Å². The molecule has 1 saturated heterocycles. The van der Waals surface area contributed by atoms with E-state index in [4.69, 9.17) is 11.6 Å². The molecule has 136 valence electrons. The van der Waals surface area contributed by atoms with E-state index in [1.54, 1.807) is 48.5 Å². The summed E-state index contributed by atoms with van der Waals surface area (Å²) in [4.78, 5) is 29.1. The van der Waals surface area contributed by atoms with Gasteiger partial charge < -0.3 is 10.2 Å². The molecule has 1 aliphatic heterocycles. The van der Waals surface area contributed by atoms with Crippen LogP contribution in [0.15, 0.2) is 48.5 Å². The zero-order valence-electron chi connectivity index (χ0n) is 14.7. The molecule has 0 unspecified atom stereocenters. The first-order chi connectivity index (χ1) is 12.5. The highest BCUT2D eigenvalue weighted by molar-refractivity contribution is 6.30. The van der Waals surface area contributed by atoms with Crippen molar-refractivity contribution < 1.29 is 9.59 Å². The third-order valence-corrected chi connectivity index (χ3v) is 4.79. The maximum absolute atomic E-state index is 12.4. The molecule has 6 heteroatoms. The number of anilines is 1. The molecule has 0 spiro atoms. The zero-order chi connectivity index (χ0) is 18.5. The Hall–Kier alpha value is -2.21. The third-order valence-electron chi connectivity index (χ3n) is 4.53. The highest BCUT2D eigenvalue weighted by Crippen LogP contribution is 2.14. The average molecular weight is 372 g/mol. The minimum Gasteiger partial charge on any atom is -0.322 e. The molecule has 1 amide bonds. The molecule has 26 heavy (non-hydrogen) atoms. The Morgan fingerprint density at radius 2 is 1.50 bits per heavy atom. The second-order valence-corrected chi connectivity index (χ2v) is 6.98. The molecule has 0 bridgehead atoms. The second kappa shape index (κ2) is 8.45. The van der Waals surface area contributed by atoms with E-state index in [0.29, 0.717) is 28.4 Å². The SMILES string of the molecule is CN1CCN(CC(=O)c2ccc(NC(=O)c3ccc(Cl)cc3)cc2)CC1. The van der Waals surface area contributed by atoms with Crippen LogP contribution in [-0.4, -0.2) is 61.3 Å². The van der Waals surface area contributed by atoms with E-state index in [0.717, 1.165) is 26.2 Å². The lowest BCUT2D eigenvalue weighted by molar-refractivity contribution is 0.0876. The van der Waals surface area contributed by atoms with E-state index in [9.17, 15) is 9.59 Å². The quantitative estimate of drug-likeness (QED) is 0.821. The highest BCUT2D eigenvalue weighted by Gasteiger charge is 2.17. The summed E-state index contributed by atoms with van der Waals surface area (Å²) in [5, 5.41) is 3.41. The van der Waals surface area contributed by atoms with Crippen molar-refractivity contribution in [1.82, 2.24) is 9.80 Å². The largest absolute Gasteiger partial charge is 0.322 e. The van der Waals surface area contributed by atoms with Crippen molar-refractivity contribution in [2.24, 2.45) is 0 Å². The van der Waals surface area contributed by atoms with Gasteiger partial charge in [-0.05, 0) is 55.6 Å². The number of nitrogens with one attached hydrogen (secondary N) is 1. The van der Waals surface area contributed by atoms with Crippen molar-refractivity contribution in [2.75, 3.05) is 45.1 Å². The summed E-state index contributed by atoms with van der Waals surface area (Å²) < 4.78 is 0. The fraction of sp³-hybridized carbons (Fsp3) is 0.300. The average Bonchev–Trinajstić information content (AvgIpc) is 2.64. The van der Waals surface area contributed by atoms with Crippen LogP contribution in [0.4, 0.5) is 5.69 Å². The van der Waals surface area contributed by atoms with Gasteiger partial charge >= 0.3 is 0 Å². The first kappa shape index (κ1) is 18.6. The molecular weight excluding hydrogens is 350 g/mol. The molecule has 0 atom stereocenters. The summed E-state index contributed by atoms with van der Waals surface area (Å²) in [5.74, 6) is -0.108. The van der Waals surface area contributed by atoms with Crippen LogP contribution in [0.25, 0.3) is 0 Å². The van der Waals surface area contributed by atoms with Crippen LogP contribution >= 0.6 is 11.6 Å². The van der Waals surface area contributed by atoms with Gasteiger partial charge in [-0.25, -0.2) is 0 Å². The lowest BCUT2D eigenvalue weighted by atomic mass is 10.1. The first-order valence-electron chi connectivity index (χ1n) is 8.62. The van der Waals surface area contributed by atoms with E-state index < -0.39 is 0 Å². The van der Waals surface area contributed by atoms with Gasteiger partial charge in [0.25, 0.3) is 5.91 Å². The summed E-state index contributed by atoms with van der Waals surface area (Å²) in [6.07, 6.45) is 0. The maximum atomic E-state index is 12.4. The first-order valence-corrected chi connectivity index (χ1v) is 9.00. The molecule has 1 aliphatic rings. The van der Waals surface area contributed by atoms with Crippen LogP contribution < -0.4 is 5.32 Å². The van der Waals surface area contributed by atoms with Crippen molar-refractivity contribution in [2.45, 2.75) is 0 Å². The number of hydrogen-bond acceptors (Lipinski definition) is 4. The van der Waals surface area contributed by atoms with E-state index in [-0.39, 0.29) is 11.7 Å². The monoisotopic (exact) mass is 371 g/mol. The number of rotatable bonds is 5. The van der Waals surface area contributed by atoms with Gasteiger partial charge in [0.05, 0.1) is 6.54 Å². The molecule has 1 N–H and O–H groups in total. The number of carbonyl (C=O) groups is 2. The van der Waals surface area contributed by atoms with Crippen molar-refractivity contribution in [3.05, 3.63) is 64.7 Å².